The third-order valence-corrected chi connectivity index (χ3v) is 7.70. The van der Waals surface area contributed by atoms with Gasteiger partial charge in [-0.3, -0.25) is 4.90 Å². The fraction of sp³-hybridized carbons (Fsp3) is 0.240. The lowest BCUT2D eigenvalue weighted by Crippen LogP contribution is -2.49. The average Bonchev–Trinajstić information content (AvgIpc) is 3.60. The number of hydrogen-bond acceptors (Lipinski definition) is 7. The number of nitrogens with zero attached hydrogens (tertiary/aromatic N) is 4. The fourth-order valence-electron chi connectivity index (χ4n) is 4.00. The molecule has 13 heteroatoms. The van der Waals surface area contributed by atoms with Crippen molar-refractivity contribution < 1.29 is 35.2 Å². The maximum atomic E-state index is 13.5. The molecule has 0 saturated carbocycles. The Bertz CT molecular complexity index is 1500. The summed E-state index contributed by atoms with van der Waals surface area (Å²) in [5.74, 6) is -1.92. The van der Waals surface area contributed by atoms with Gasteiger partial charge in [-0.1, -0.05) is 24.3 Å². The second kappa shape index (κ2) is 9.97. The molecular weight excluding hydrogens is 525 g/mol. The van der Waals surface area contributed by atoms with E-state index >= 15 is 0 Å². The summed E-state index contributed by atoms with van der Waals surface area (Å²) in [6.45, 7) is 0.301. The number of halogens is 3. The minimum atomic E-state index is -4.74. The van der Waals surface area contributed by atoms with Crippen LogP contribution in [0.15, 0.2) is 76.0 Å². The predicted molar refractivity (Wildman–Crippen MR) is 131 cm³/mol. The lowest BCUT2D eigenvalue weighted by molar-refractivity contribution is -0.156. The number of rotatable bonds is 5. The molecule has 3 heterocycles. The van der Waals surface area contributed by atoms with Crippen molar-refractivity contribution in [2.45, 2.75) is 12.7 Å². The monoisotopic (exact) mass is 546 g/mol. The van der Waals surface area contributed by atoms with Crippen molar-refractivity contribution in [1.82, 2.24) is 15.1 Å². The van der Waals surface area contributed by atoms with Gasteiger partial charge in [0.2, 0.25) is 5.89 Å². The van der Waals surface area contributed by atoms with E-state index in [1.165, 1.54) is 21.9 Å². The van der Waals surface area contributed by atoms with Crippen LogP contribution in [0, 0.1) is 0 Å². The molecule has 5 rings (SSSR count). The van der Waals surface area contributed by atoms with Crippen molar-refractivity contribution >= 4 is 21.6 Å². The van der Waals surface area contributed by atoms with Gasteiger partial charge in [0.1, 0.15) is 0 Å². The Kier molecular flexibility index (Phi) is 6.69. The largest absolute Gasteiger partial charge is 0.472 e. The SMILES string of the molecule is O=C(N1CCS(=O)(=O)CC1)N(Cc1ccc(-c2nnc(C(F)(F)F)o2)cc1)c1ccc(-c2ccoc2)cc1. The highest BCUT2D eigenvalue weighted by molar-refractivity contribution is 7.91. The summed E-state index contributed by atoms with van der Waals surface area (Å²) in [6.07, 6.45) is -1.58. The first-order valence-corrected chi connectivity index (χ1v) is 13.3. The zero-order valence-corrected chi connectivity index (χ0v) is 20.6. The van der Waals surface area contributed by atoms with Crippen LogP contribution in [-0.2, 0) is 22.6 Å². The van der Waals surface area contributed by atoms with Crippen molar-refractivity contribution in [3.63, 3.8) is 0 Å². The molecule has 0 radical (unpaired) electrons. The van der Waals surface area contributed by atoms with Gasteiger partial charge in [0.05, 0.1) is 30.6 Å². The van der Waals surface area contributed by atoms with Crippen LogP contribution in [0.2, 0.25) is 0 Å². The van der Waals surface area contributed by atoms with E-state index in [1.54, 1.807) is 36.8 Å². The summed E-state index contributed by atoms with van der Waals surface area (Å²) in [5, 5.41) is 6.49. The van der Waals surface area contributed by atoms with Gasteiger partial charge in [-0.25, -0.2) is 13.2 Å². The van der Waals surface area contributed by atoms with Crippen LogP contribution in [0.4, 0.5) is 23.7 Å². The van der Waals surface area contributed by atoms with Crippen molar-refractivity contribution in [3.05, 3.63) is 78.6 Å². The lowest BCUT2D eigenvalue weighted by atomic mass is 10.1. The maximum absolute atomic E-state index is 13.5. The minimum absolute atomic E-state index is 0.0857. The first-order chi connectivity index (χ1) is 18.1. The highest BCUT2D eigenvalue weighted by atomic mass is 32.2. The van der Waals surface area contributed by atoms with Gasteiger partial charge in [-0.15, -0.1) is 10.2 Å². The van der Waals surface area contributed by atoms with E-state index in [0.29, 0.717) is 16.8 Å². The fourth-order valence-corrected chi connectivity index (χ4v) is 5.20. The number of alkyl halides is 3. The lowest BCUT2D eigenvalue weighted by Gasteiger charge is -2.33. The van der Waals surface area contributed by atoms with Crippen molar-refractivity contribution in [2.75, 3.05) is 29.5 Å². The number of anilines is 1. The Hall–Kier alpha value is -4.13. The second-order valence-electron chi connectivity index (χ2n) is 8.67. The van der Waals surface area contributed by atoms with Crippen molar-refractivity contribution in [2.24, 2.45) is 0 Å². The number of sulfone groups is 1. The number of hydrogen-bond donors (Lipinski definition) is 0. The van der Waals surface area contributed by atoms with Gasteiger partial charge in [-0.2, -0.15) is 13.2 Å². The summed E-state index contributed by atoms with van der Waals surface area (Å²) < 4.78 is 71.9. The van der Waals surface area contributed by atoms with Crippen LogP contribution < -0.4 is 4.90 Å². The molecule has 0 unspecified atom stereocenters. The van der Waals surface area contributed by atoms with E-state index in [9.17, 15) is 26.4 Å². The molecule has 1 saturated heterocycles. The molecule has 2 aromatic carbocycles. The van der Waals surface area contributed by atoms with Gasteiger partial charge in [0.25, 0.3) is 0 Å². The summed E-state index contributed by atoms with van der Waals surface area (Å²) >= 11 is 0. The summed E-state index contributed by atoms with van der Waals surface area (Å²) in [4.78, 5) is 16.5. The molecule has 0 atom stereocenters. The molecular formula is C25H21F3N4O5S. The van der Waals surface area contributed by atoms with E-state index in [2.05, 4.69) is 10.2 Å². The van der Waals surface area contributed by atoms with Crippen LogP contribution in [0.25, 0.3) is 22.6 Å². The smallest absolute Gasteiger partial charge is 0.470 e. The van der Waals surface area contributed by atoms with E-state index in [1.807, 2.05) is 18.2 Å². The highest BCUT2D eigenvalue weighted by Gasteiger charge is 2.38. The molecule has 9 nitrogen and oxygen atoms in total. The van der Waals surface area contributed by atoms with E-state index in [4.69, 9.17) is 8.83 Å². The number of amides is 2. The van der Waals surface area contributed by atoms with Crippen LogP contribution in [0.3, 0.4) is 0 Å². The molecule has 0 spiro atoms. The standard InChI is InChI=1S/C25H21F3N4O5S/c26-25(27,28)23-30-29-22(37-23)19-3-1-17(2-4-19)15-32(24(33)31-10-13-38(34,35)14-11-31)21-7-5-18(6-8-21)20-9-12-36-16-20/h1-9,12,16H,10-11,13-15H2. The highest BCUT2D eigenvalue weighted by Crippen LogP contribution is 2.31. The Balaban J connectivity index is 1.39. The number of furan rings is 1. The number of urea groups is 1. The molecule has 198 valence electrons. The van der Waals surface area contributed by atoms with Gasteiger partial charge >= 0.3 is 18.1 Å². The molecule has 4 aromatic rings. The third kappa shape index (κ3) is 5.57. The zero-order valence-electron chi connectivity index (χ0n) is 19.8. The Labute approximate surface area is 215 Å². The number of carbonyl (C=O) groups excluding carboxylic acids is 1. The first-order valence-electron chi connectivity index (χ1n) is 11.5. The molecule has 0 N–H and O–H groups in total. The predicted octanol–water partition coefficient (Wildman–Crippen LogP) is 4.87. The molecule has 2 amide bonds. The quantitative estimate of drug-likeness (QED) is 0.351. The number of aromatic nitrogens is 2. The molecule has 1 fully saturated rings. The number of carbonyl (C=O) groups is 1. The maximum Gasteiger partial charge on any atom is 0.470 e. The Morgan fingerprint density at radius 2 is 1.58 bits per heavy atom. The third-order valence-electron chi connectivity index (χ3n) is 6.09. The molecule has 2 aromatic heterocycles. The van der Waals surface area contributed by atoms with Crippen LogP contribution in [-0.4, -0.2) is 54.1 Å². The van der Waals surface area contributed by atoms with Gasteiger partial charge < -0.3 is 13.7 Å². The average molecular weight is 547 g/mol. The van der Waals surface area contributed by atoms with Crippen molar-refractivity contribution in [3.8, 4) is 22.6 Å². The van der Waals surface area contributed by atoms with E-state index in [0.717, 1.165) is 11.1 Å². The molecule has 38 heavy (non-hydrogen) atoms. The second-order valence-corrected chi connectivity index (χ2v) is 11.0. The van der Waals surface area contributed by atoms with E-state index < -0.39 is 21.9 Å². The van der Waals surface area contributed by atoms with Gasteiger partial charge in [0, 0.05) is 29.9 Å². The number of benzene rings is 2. The summed E-state index contributed by atoms with van der Waals surface area (Å²) in [5.41, 5.74) is 3.33. The molecule has 0 bridgehead atoms. The Morgan fingerprint density at radius 1 is 0.921 bits per heavy atom. The molecule has 0 aliphatic carbocycles. The van der Waals surface area contributed by atoms with Crippen LogP contribution in [0.1, 0.15) is 11.5 Å². The summed E-state index contributed by atoms with van der Waals surface area (Å²) in [6, 6.07) is 15.1. The molecule has 1 aliphatic rings. The van der Waals surface area contributed by atoms with Gasteiger partial charge in [-0.05, 0) is 41.5 Å². The first kappa shape index (κ1) is 25.5. The van der Waals surface area contributed by atoms with Gasteiger partial charge in [0.15, 0.2) is 9.84 Å². The minimum Gasteiger partial charge on any atom is -0.472 e. The normalized spacial score (nSPS) is 15.4. The van der Waals surface area contributed by atoms with E-state index in [-0.39, 0.29) is 43.1 Å². The topological polar surface area (TPSA) is 110 Å². The van der Waals surface area contributed by atoms with Crippen molar-refractivity contribution in [1.29, 1.82) is 0 Å². The summed E-state index contributed by atoms with van der Waals surface area (Å²) in [7, 11) is -3.18. The molecule has 1 aliphatic heterocycles. The van der Waals surface area contributed by atoms with Crippen LogP contribution in [0.5, 0.6) is 0 Å². The van der Waals surface area contributed by atoms with Crippen LogP contribution >= 0.6 is 0 Å². The zero-order chi connectivity index (χ0) is 26.9. The Morgan fingerprint density at radius 3 is 2.16 bits per heavy atom.